The molecule has 7 heteroatoms. The number of rotatable bonds is 4. The number of benzene rings is 1. The van der Waals surface area contributed by atoms with Crippen LogP contribution in [0, 0.1) is 17.2 Å². The molecule has 0 aliphatic rings. The van der Waals surface area contributed by atoms with E-state index in [2.05, 4.69) is 10.3 Å². The molecule has 0 spiro atoms. The average molecular weight is 320 g/mol. The number of nitrogens with zero attached hydrogens (tertiary/aromatic N) is 2. The Morgan fingerprint density at radius 1 is 1.43 bits per heavy atom. The first-order chi connectivity index (χ1) is 10.1. The molecule has 2 rings (SSSR count). The van der Waals surface area contributed by atoms with Crippen LogP contribution in [0.3, 0.4) is 0 Å². The second-order valence-electron chi connectivity index (χ2n) is 4.06. The molecular weight excluding hydrogens is 310 g/mol. The highest BCUT2D eigenvalue weighted by molar-refractivity contribution is 7.13. The number of carbonyl (C=O) groups excluding carboxylic acids is 2. The molecule has 0 fully saturated rings. The summed E-state index contributed by atoms with van der Waals surface area (Å²) in [7, 11) is 1.37. The van der Waals surface area contributed by atoms with Gasteiger partial charge in [0.2, 0.25) is 11.7 Å². The zero-order valence-electron chi connectivity index (χ0n) is 11.0. The molecule has 0 aliphatic carbocycles. The summed E-state index contributed by atoms with van der Waals surface area (Å²) in [5, 5.41) is 13.8. The van der Waals surface area contributed by atoms with E-state index in [9.17, 15) is 9.59 Å². The van der Waals surface area contributed by atoms with Crippen LogP contribution < -0.4 is 5.32 Å². The molecule has 1 N–H and O–H groups in total. The molecule has 2 aromatic rings. The molecule has 0 saturated heterocycles. The van der Waals surface area contributed by atoms with Gasteiger partial charge in [-0.2, -0.15) is 5.26 Å². The Hall–Kier alpha value is -2.23. The maximum Gasteiger partial charge on any atom is 0.245 e. The van der Waals surface area contributed by atoms with Crippen LogP contribution in [0.2, 0.25) is 5.02 Å². The third-order valence-electron chi connectivity index (χ3n) is 2.76. The lowest BCUT2D eigenvalue weighted by Gasteiger charge is -2.04. The van der Waals surface area contributed by atoms with Crippen molar-refractivity contribution in [2.24, 2.45) is 5.92 Å². The first kappa shape index (κ1) is 15.2. The predicted octanol–water partition coefficient (Wildman–Crippen LogP) is 2.53. The Bertz CT molecular complexity index is 736. The monoisotopic (exact) mass is 319 g/mol. The largest absolute Gasteiger partial charge is 0.358 e. The van der Waals surface area contributed by atoms with Gasteiger partial charge >= 0.3 is 0 Å². The van der Waals surface area contributed by atoms with Crippen molar-refractivity contribution >= 4 is 34.6 Å². The number of halogens is 1. The van der Waals surface area contributed by atoms with Gasteiger partial charge in [-0.15, -0.1) is 11.3 Å². The SMILES string of the molecule is CNC(=O)[C@H](C#N)C(=O)c1csc(-c2ccccc2Cl)n1. The van der Waals surface area contributed by atoms with Gasteiger partial charge in [0.15, 0.2) is 5.92 Å². The third kappa shape index (κ3) is 3.10. The number of nitrogens with one attached hydrogen (secondary N) is 1. The first-order valence-corrected chi connectivity index (χ1v) is 7.20. The molecule has 21 heavy (non-hydrogen) atoms. The summed E-state index contributed by atoms with van der Waals surface area (Å²) in [6, 6.07) is 8.81. The predicted molar refractivity (Wildman–Crippen MR) is 80.1 cm³/mol. The molecule has 0 aliphatic heterocycles. The van der Waals surface area contributed by atoms with Gasteiger partial charge in [-0.25, -0.2) is 4.98 Å². The molecule has 1 amide bonds. The number of aromatic nitrogens is 1. The fraction of sp³-hybridized carbons (Fsp3) is 0.143. The van der Waals surface area contributed by atoms with Crippen LogP contribution in [0.4, 0.5) is 0 Å². The van der Waals surface area contributed by atoms with Crippen molar-refractivity contribution in [3.05, 3.63) is 40.4 Å². The number of ketones is 1. The zero-order valence-corrected chi connectivity index (χ0v) is 12.5. The fourth-order valence-corrected chi connectivity index (χ4v) is 2.80. The molecule has 1 aromatic heterocycles. The van der Waals surface area contributed by atoms with E-state index in [-0.39, 0.29) is 5.69 Å². The summed E-state index contributed by atoms with van der Waals surface area (Å²) >= 11 is 7.31. The van der Waals surface area contributed by atoms with Crippen LogP contribution in [0.15, 0.2) is 29.6 Å². The molecule has 1 atom stereocenters. The van der Waals surface area contributed by atoms with E-state index in [0.29, 0.717) is 15.6 Å². The Balaban J connectivity index is 2.32. The van der Waals surface area contributed by atoms with E-state index < -0.39 is 17.6 Å². The van der Waals surface area contributed by atoms with Gasteiger partial charge in [-0.3, -0.25) is 9.59 Å². The van der Waals surface area contributed by atoms with Crippen LogP contribution in [-0.2, 0) is 4.79 Å². The smallest absolute Gasteiger partial charge is 0.245 e. The van der Waals surface area contributed by atoms with Crippen LogP contribution in [-0.4, -0.2) is 23.7 Å². The minimum Gasteiger partial charge on any atom is -0.358 e. The Morgan fingerprint density at radius 3 is 2.76 bits per heavy atom. The number of hydrogen-bond acceptors (Lipinski definition) is 5. The maximum absolute atomic E-state index is 12.1. The first-order valence-electron chi connectivity index (χ1n) is 5.94. The summed E-state index contributed by atoms with van der Waals surface area (Å²) in [6.07, 6.45) is 0. The van der Waals surface area contributed by atoms with Crippen molar-refractivity contribution in [1.29, 1.82) is 5.26 Å². The third-order valence-corrected chi connectivity index (χ3v) is 3.97. The van der Waals surface area contributed by atoms with E-state index >= 15 is 0 Å². The number of thiazole rings is 1. The summed E-state index contributed by atoms with van der Waals surface area (Å²) < 4.78 is 0. The Morgan fingerprint density at radius 2 is 2.14 bits per heavy atom. The normalized spacial score (nSPS) is 11.5. The molecule has 0 bridgehead atoms. The standard InChI is InChI=1S/C14H10ClN3O2S/c1-17-13(20)9(6-16)12(19)11-7-21-14(18-11)8-4-2-3-5-10(8)15/h2-5,7,9H,1H3,(H,17,20)/t9-/m1/s1. The van der Waals surface area contributed by atoms with Crippen molar-refractivity contribution in [2.45, 2.75) is 0 Å². The maximum atomic E-state index is 12.1. The highest BCUT2D eigenvalue weighted by Crippen LogP contribution is 2.30. The number of nitriles is 1. The van der Waals surface area contributed by atoms with Gasteiger partial charge in [0.1, 0.15) is 10.7 Å². The molecule has 0 radical (unpaired) electrons. The van der Waals surface area contributed by atoms with Crippen molar-refractivity contribution in [3.63, 3.8) is 0 Å². The molecule has 0 unspecified atom stereocenters. The second kappa shape index (κ2) is 6.48. The van der Waals surface area contributed by atoms with Crippen LogP contribution in [0.1, 0.15) is 10.5 Å². The Labute approximate surface area is 130 Å². The number of Topliss-reactive ketones (excluding diaryl/α,β-unsaturated/α-hetero) is 1. The highest BCUT2D eigenvalue weighted by atomic mass is 35.5. The van der Waals surface area contributed by atoms with E-state index in [1.54, 1.807) is 24.3 Å². The summed E-state index contributed by atoms with van der Waals surface area (Å²) in [6.45, 7) is 0. The fourth-order valence-electron chi connectivity index (χ4n) is 1.67. The molecular formula is C14H10ClN3O2S. The quantitative estimate of drug-likeness (QED) is 0.693. The van der Waals surface area contributed by atoms with Gasteiger partial charge < -0.3 is 5.32 Å². The van der Waals surface area contributed by atoms with E-state index in [4.69, 9.17) is 16.9 Å². The minimum atomic E-state index is -1.39. The number of hydrogen-bond donors (Lipinski definition) is 1. The van der Waals surface area contributed by atoms with Gasteiger partial charge in [0, 0.05) is 18.0 Å². The summed E-state index contributed by atoms with van der Waals surface area (Å²) in [4.78, 5) is 27.8. The van der Waals surface area contributed by atoms with Crippen molar-refractivity contribution < 1.29 is 9.59 Å². The van der Waals surface area contributed by atoms with E-state index in [0.717, 1.165) is 0 Å². The van der Waals surface area contributed by atoms with Gasteiger partial charge in [-0.1, -0.05) is 29.8 Å². The van der Waals surface area contributed by atoms with Crippen LogP contribution in [0.25, 0.3) is 10.6 Å². The van der Waals surface area contributed by atoms with Crippen LogP contribution >= 0.6 is 22.9 Å². The molecule has 106 valence electrons. The number of carbonyl (C=O) groups is 2. The van der Waals surface area contributed by atoms with E-state index in [1.165, 1.54) is 23.8 Å². The van der Waals surface area contributed by atoms with Crippen LogP contribution in [0.5, 0.6) is 0 Å². The molecule has 5 nitrogen and oxygen atoms in total. The molecule has 0 saturated carbocycles. The highest BCUT2D eigenvalue weighted by Gasteiger charge is 2.28. The topological polar surface area (TPSA) is 82.9 Å². The lowest BCUT2D eigenvalue weighted by atomic mass is 10.0. The lowest BCUT2D eigenvalue weighted by Crippen LogP contribution is -2.32. The average Bonchev–Trinajstić information content (AvgIpc) is 2.97. The molecule has 1 aromatic carbocycles. The van der Waals surface area contributed by atoms with Crippen molar-refractivity contribution in [3.8, 4) is 16.6 Å². The Kier molecular flexibility index (Phi) is 4.68. The second-order valence-corrected chi connectivity index (χ2v) is 5.32. The van der Waals surface area contributed by atoms with Crippen molar-refractivity contribution in [2.75, 3.05) is 7.05 Å². The van der Waals surface area contributed by atoms with Gasteiger partial charge in [-0.05, 0) is 6.07 Å². The lowest BCUT2D eigenvalue weighted by molar-refractivity contribution is -0.121. The summed E-state index contributed by atoms with van der Waals surface area (Å²) in [5.74, 6) is -2.66. The minimum absolute atomic E-state index is 0.0880. The number of amides is 1. The van der Waals surface area contributed by atoms with Gasteiger partial charge in [0.25, 0.3) is 0 Å². The van der Waals surface area contributed by atoms with Crippen molar-refractivity contribution in [1.82, 2.24) is 10.3 Å². The van der Waals surface area contributed by atoms with E-state index in [1.807, 2.05) is 6.07 Å². The summed E-state index contributed by atoms with van der Waals surface area (Å²) in [5.41, 5.74) is 0.793. The van der Waals surface area contributed by atoms with Gasteiger partial charge in [0.05, 0.1) is 11.1 Å². The zero-order chi connectivity index (χ0) is 15.4. The molecule has 1 heterocycles.